The molecule has 4 atom stereocenters. The number of methoxy groups -OCH3 is 1. The van der Waals surface area contributed by atoms with E-state index in [1.165, 1.54) is 30.2 Å². The van der Waals surface area contributed by atoms with Crippen LogP contribution in [0.5, 0.6) is 11.5 Å². The first-order valence-corrected chi connectivity index (χ1v) is 14.8. The maximum Gasteiger partial charge on any atom is 0.416 e. The zero-order valence-corrected chi connectivity index (χ0v) is 25.7. The standard InChI is InChI=1S/C32H29Cl2F3N2O7/c1-45-25-12-17(15-41)10-20-26-21(30(43)38-8-9-40)13-24(27(42)29(26)46-28(20)25)39(14-16-2-7-22(33)23(34)11-16)31(44)18-3-5-19(6-4-18)32(35,36)37/h2-7,10-13,24,26-27,29,40-42H,8-9,14-15H2,1H3,(H,38,43)/t24-,26+,27+,29+/m1/s1. The molecule has 0 radical (unpaired) electrons. The highest BCUT2D eigenvalue weighted by Gasteiger charge is 2.51. The summed E-state index contributed by atoms with van der Waals surface area (Å²) in [5, 5.41) is 34.1. The molecule has 14 heteroatoms. The van der Waals surface area contributed by atoms with Gasteiger partial charge in [-0.15, -0.1) is 0 Å². The van der Waals surface area contributed by atoms with Crippen LogP contribution >= 0.6 is 23.2 Å². The molecule has 0 aromatic heterocycles. The van der Waals surface area contributed by atoms with Crippen LogP contribution in [0.4, 0.5) is 13.2 Å². The zero-order chi connectivity index (χ0) is 33.3. The lowest BCUT2D eigenvalue weighted by atomic mass is 9.77. The number of nitrogens with one attached hydrogen (secondary N) is 1. The maximum absolute atomic E-state index is 14.1. The summed E-state index contributed by atoms with van der Waals surface area (Å²) in [7, 11) is 1.40. The van der Waals surface area contributed by atoms with E-state index in [1.54, 1.807) is 18.2 Å². The van der Waals surface area contributed by atoms with Gasteiger partial charge in [0.25, 0.3) is 5.91 Å². The molecule has 1 aliphatic carbocycles. The van der Waals surface area contributed by atoms with Crippen molar-refractivity contribution in [1.82, 2.24) is 10.2 Å². The monoisotopic (exact) mass is 680 g/mol. The number of ether oxygens (including phenoxy) is 2. The number of hydrogen-bond donors (Lipinski definition) is 4. The second-order valence-corrected chi connectivity index (χ2v) is 11.6. The van der Waals surface area contributed by atoms with Gasteiger partial charge in [0.15, 0.2) is 11.5 Å². The molecular weight excluding hydrogens is 652 g/mol. The number of halogens is 5. The molecule has 2 aliphatic rings. The van der Waals surface area contributed by atoms with Gasteiger partial charge in [-0.25, -0.2) is 0 Å². The SMILES string of the molecule is COc1cc(CO)cc2c1O[C@@H]1[C@@H](O)[C@H](N(Cc3ccc(Cl)c(Cl)c3)C(=O)c3ccc(C(F)(F)F)cc3)C=C(C(=O)NCCO)[C@H]21. The number of fused-ring (bicyclic) bond motifs is 3. The minimum atomic E-state index is -4.62. The van der Waals surface area contributed by atoms with E-state index in [4.69, 9.17) is 32.7 Å². The van der Waals surface area contributed by atoms with Gasteiger partial charge in [0.2, 0.25) is 5.91 Å². The van der Waals surface area contributed by atoms with E-state index in [1.807, 2.05) is 0 Å². The number of alkyl halides is 3. The summed E-state index contributed by atoms with van der Waals surface area (Å²) >= 11 is 12.3. The number of carbonyl (C=O) groups is 2. The second-order valence-electron chi connectivity index (χ2n) is 10.8. The minimum absolute atomic E-state index is 0.0913. The Morgan fingerprint density at radius 3 is 2.35 bits per heavy atom. The predicted molar refractivity (Wildman–Crippen MR) is 162 cm³/mol. The molecule has 3 aromatic carbocycles. The van der Waals surface area contributed by atoms with Crippen molar-refractivity contribution >= 4 is 35.0 Å². The minimum Gasteiger partial charge on any atom is -0.493 e. The third-order valence-corrected chi connectivity index (χ3v) is 8.65. The summed E-state index contributed by atoms with van der Waals surface area (Å²) in [6.07, 6.45) is -5.80. The van der Waals surface area contributed by atoms with Crippen LogP contribution in [-0.4, -0.2) is 70.5 Å². The number of amides is 2. The van der Waals surface area contributed by atoms with Crippen molar-refractivity contribution in [2.45, 2.75) is 43.5 Å². The quantitative estimate of drug-likeness (QED) is 0.262. The summed E-state index contributed by atoms with van der Waals surface area (Å²) < 4.78 is 51.5. The van der Waals surface area contributed by atoms with E-state index in [0.717, 1.165) is 24.3 Å². The van der Waals surface area contributed by atoms with Crippen LogP contribution in [0.3, 0.4) is 0 Å². The number of hydrogen-bond acceptors (Lipinski definition) is 7. The van der Waals surface area contributed by atoms with Crippen molar-refractivity contribution in [2.24, 2.45) is 0 Å². The molecule has 4 N–H and O–H groups in total. The molecule has 0 spiro atoms. The van der Waals surface area contributed by atoms with Gasteiger partial charge in [-0.3, -0.25) is 9.59 Å². The molecule has 1 heterocycles. The molecule has 0 saturated heterocycles. The van der Waals surface area contributed by atoms with Gasteiger partial charge < -0.3 is 35.0 Å². The average Bonchev–Trinajstić information content (AvgIpc) is 3.43. The molecule has 0 bridgehead atoms. The van der Waals surface area contributed by atoms with E-state index in [9.17, 15) is 38.1 Å². The van der Waals surface area contributed by atoms with Crippen molar-refractivity contribution in [3.8, 4) is 11.5 Å². The van der Waals surface area contributed by atoms with Gasteiger partial charge in [0.05, 0.1) is 47.9 Å². The normalized spacial score (nSPS) is 20.2. The molecule has 1 aliphatic heterocycles. The number of nitrogens with zero attached hydrogens (tertiary/aromatic N) is 1. The van der Waals surface area contributed by atoms with Crippen molar-refractivity contribution in [3.63, 3.8) is 0 Å². The molecule has 0 fully saturated rings. The number of aliphatic hydroxyl groups is 3. The first-order chi connectivity index (χ1) is 21.9. The van der Waals surface area contributed by atoms with Crippen molar-refractivity contribution in [3.05, 3.63) is 104 Å². The fraction of sp³-hybridized carbons (Fsp3) is 0.312. The van der Waals surface area contributed by atoms with Gasteiger partial charge >= 0.3 is 6.18 Å². The molecular formula is C32H29Cl2F3N2O7. The highest BCUT2D eigenvalue weighted by Crippen LogP contribution is 2.51. The predicted octanol–water partition coefficient (Wildman–Crippen LogP) is 4.48. The van der Waals surface area contributed by atoms with Gasteiger partial charge in [0, 0.05) is 29.8 Å². The second kappa shape index (κ2) is 13.5. The third kappa shape index (κ3) is 6.53. The Balaban J connectivity index is 1.63. The van der Waals surface area contributed by atoms with Crippen LogP contribution in [0, 0.1) is 0 Å². The molecule has 5 rings (SSSR count). The van der Waals surface area contributed by atoms with Crippen LogP contribution in [0.2, 0.25) is 10.0 Å². The molecule has 0 unspecified atom stereocenters. The lowest BCUT2D eigenvalue weighted by molar-refractivity contribution is -0.137. The lowest BCUT2D eigenvalue weighted by Crippen LogP contribution is -2.55. The van der Waals surface area contributed by atoms with Gasteiger partial charge in [0.1, 0.15) is 12.2 Å². The fourth-order valence-electron chi connectivity index (χ4n) is 5.73. The van der Waals surface area contributed by atoms with E-state index in [-0.39, 0.29) is 59.0 Å². The average molecular weight is 681 g/mol. The smallest absolute Gasteiger partial charge is 0.416 e. The summed E-state index contributed by atoms with van der Waals surface area (Å²) in [5.41, 5.74) is 0.452. The molecule has 244 valence electrons. The fourth-order valence-corrected chi connectivity index (χ4v) is 6.05. The number of aliphatic hydroxyl groups excluding tert-OH is 3. The van der Waals surface area contributed by atoms with Crippen molar-refractivity contribution in [2.75, 3.05) is 20.3 Å². The highest BCUT2D eigenvalue weighted by atomic mass is 35.5. The van der Waals surface area contributed by atoms with E-state index >= 15 is 0 Å². The number of benzene rings is 3. The van der Waals surface area contributed by atoms with Gasteiger partial charge in [-0.2, -0.15) is 13.2 Å². The Morgan fingerprint density at radius 1 is 1.02 bits per heavy atom. The Bertz CT molecular complexity index is 1670. The van der Waals surface area contributed by atoms with Crippen LogP contribution in [0.1, 0.15) is 38.5 Å². The largest absolute Gasteiger partial charge is 0.493 e. The summed E-state index contributed by atoms with van der Waals surface area (Å²) in [6, 6.07) is 10.2. The van der Waals surface area contributed by atoms with Crippen molar-refractivity contribution < 1.29 is 47.6 Å². The van der Waals surface area contributed by atoms with Crippen molar-refractivity contribution in [1.29, 1.82) is 0 Å². The first-order valence-electron chi connectivity index (χ1n) is 14.1. The summed E-state index contributed by atoms with van der Waals surface area (Å²) in [4.78, 5) is 28.8. The molecule has 9 nitrogen and oxygen atoms in total. The number of carbonyl (C=O) groups excluding carboxylic acids is 2. The topological polar surface area (TPSA) is 129 Å². The van der Waals surface area contributed by atoms with E-state index < -0.39 is 47.7 Å². The maximum atomic E-state index is 14.1. The molecule has 3 aromatic rings. The first kappa shape index (κ1) is 33.6. The van der Waals surface area contributed by atoms with E-state index in [0.29, 0.717) is 16.7 Å². The van der Waals surface area contributed by atoms with Crippen LogP contribution in [-0.2, 0) is 24.1 Å². The molecule has 0 saturated carbocycles. The molecule has 46 heavy (non-hydrogen) atoms. The summed E-state index contributed by atoms with van der Waals surface area (Å²) in [6.45, 7) is -0.986. The Kier molecular flexibility index (Phi) is 9.85. The summed E-state index contributed by atoms with van der Waals surface area (Å²) in [5.74, 6) is -1.73. The van der Waals surface area contributed by atoms with Gasteiger partial charge in [-0.1, -0.05) is 29.3 Å². The highest BCUT2D eigenvalue weighted by molar-refractivity contribution is 6.42. The lowest BCUT2D eigenvalue weighted by Gasteiger charge is -2.41. The van der Waals surface area contributed by atoms with Crippen LogP contribution in [0.15, 0.2) is 66.2 Å². The Labute approximate surface area is 271 Å². The molecule has 2 amide bonds. The van der Waals surface area contributed by atoms with Crippen LogP contribution in [0.25, 0.3) is 0 Å². The number of rotatable bonds is 9. The third-order valence-electron chi connectivity index (χ3n) is 7.91. The zero-order valence-electron chi connectivity index (χ0n) is 24.2. The van der Waals surface area contributed by atoms with Crippen LogP contribution < -0.4 is 14.8 Å². The Morgan fingerprint density at radius 2 is 1.74 bits per heavy atom. The van der Waals surface area contributed by atoms with E-state index in [2.05, 4.69) is 5.32 Å². The Hall–Kier alpha value is -3.81. The van der Waals surface area contributed by atoms with Gasteiger partial charge in [-0.05, 0) is 65.7 Å².